The van der Waals surface area contributed by atoms with Crippen molar-refractivity contribution in [1.82, 2.24) is 15.8 Å². The minimum Gasteiger partial charge on any atom is -0.359 e. The number of aromatic nitrogens is 1. The first-order valence-electron chi connectivity index (χ1n) is 9.62. The highest BCUT2D eigenvalue weighted by Gasteiger charge is 2.42. The van der Waals surface area contributed by atoms with E-state index in [4.69, 9.17) is 4.52 Å². The summed E-state index contributed by atoms with van der Waals surface area (Å²) in [5.41, 5.74) is 2.76. The molecule has 2 aromatic rings. The molecule has 0 bridgehead atoms. The van der Waals surface area contributed by atoms with Crippen molar-refractivity contribution in [2.24, 2.45) is 10.4 Å². The van der Waals surface area contributed by atoms with Crippen LogP contribution in [0.1, 0.15) is 56.5 Å². The maximum atomic E-state index is 5.38. The quantitative estimate of drug-likeness (QED) is 0.558. The molecule has 1 fully saturated rings. The summed E-state index contributed by atoms with van der Waals surface area (Å²) >= 11 is 0. The zero-order valence-electron chi connectivity index (χ0n) is 16.1. The first-order chi connectivity index (χ1) is 12.6. The highest BCUT2D eigenvalue weighted by atomic mass is 16.5. The van der Waals surface area contributed by atoms with Crippen molar-refractivity contribution < 1.29 is 4.52 Å². The van der Waals surface area contributed by atoms with Crippen molar-refractivity contribution in [3.8, 4) is 0 Å². The third-order valence-corrected chi connectivity index (χ3v) is 4.92. The molecule has 1 aromatic heterocycles. The van der Waals surface area contributed by atoms with Gasteiger partial charge in [0, 0.05) is 19.2 Å². The summed E-state index contributed by atoms with van der Waals surface area (Å²) < 4.78 is 5.38. The molecule has 0 spiro atoms. The van der Waals surface area contributed by atoms with Crippen molar-refractivity contribution in [2.75, 3.05) is 13.1 Å². The van der Waals surface area contributed by atoms with Crippen LogP contribution in [0.3, 0.4) is 0 Å². The van der Waals surface area contributed by atoms with Gasteiger partial charge in [0.05, 0.1) is 5.69 Å². The number of nitrogens with zero attached hydrogens (tertiary/aromatic N) is 2. The SMILES string of the molecule is CCNC(=NCc1cc(C(C)C)no1)NCC1(Cc2ccccc2)CC1. The highest BCUT2D eigenvalue weighted by Crippen LogP contribution is 2.47. The van der Waals surface area contributed by atoms with E-state index >= 15 is 0 Å². The molecule has 2 N–H and O–H groups in total. The summed E-state index contributed by atoms with van der Waals surface area (Å²) in [6, 6.07) is 12.7. The van der Waals surface area contributed by atoms with Gasteiger partial charge in [-0.3, -0.25) is 0 Å². The van der Waals surface area contributed by atoms with Crippen LogP contribution in [0.4, 0.5) is 0 Å². The van der Waals surface area contributed by atoms with Crippen LogP contribution in [0.25, 0.3) is 0 Å². The average molecular weight is 354 g/mol. The Balaban J connectivity index is 1.56. The molecule has 0 aliphatic heterocycles. The number of rotatable bonds is 8. The van der Waals surface area contributed by atoms with Gasteiger partial charge < -0.3 is 15.2 Å². The van der Waals surface area contributed by atoms with Gasteiger partial charge in [0.1, 0.15) is 6.54 Å². The van der Waals surface area contributed by atoms with Crippen LogP contribution in [-0.4, -0.2) is 24.2 Å². The van der Waals surface area contributed by atoms with Gasteiger partial charge in [-0.15, -0.1) is 0 Å². The largest absolute Gasteiger partial charge is 0.359 e. The molecule has 5 nitrogen and oxygen atoms in total. The number of aliphatic imine (C=N–C) groups is 1. The summed E-state index contributed by atoms with van der Waals surface area (Å²) in [7, 11) is 0. The number of nitrogens with one attached hydrogen (secondary N) is 2. The Morgan fingerprint density at radius 3 is 2.62 bits per heavy atom. The van der Waals surface area contributed by atoms with Gasteiger partial charge in [0.25, 0.3) is 0 Å². The molecular formula is C21H30N4O. The first-order valence-corrected chi connectivity index (χ1v) is 9.62. The van der Waals surface area contributed by atoms with Crippen molar-refractivity contribution in [1.29, 1.82) is 0 Å². The van der Waals surface area contributed by atoms with Gasteiger partial charge in [-0.25, -0.2) is 4.99 Å². The van der Waals surface area contributed by atoms with Crippen molar-refractivity contribution in [3.63, 3.8) is 0 Å². The summed E-state index contributed by atoms with van der Waals surface area (Å²) in [4.78, 5) is 4.65. The van der Waals surface area contributed by atoms with Crippen LogP contribution in [0, 0.1) is 5.41 Å². The maximum Gasteiger partial charge on any atom is 0.191 e. The number of benzene rings is 1. The first kappa shape index (κ1) is 18.5. The molecule has 140 valence electrons. The second-order valence-electron chi connectivity index (χ2n) is 7.58. The van der Waals surface area contributed by atoms with E-state index < -0.39 is 0 Å². The monoisotopic (exact) mass is 354 g/mol. The molecule has 3 rings (SSSR count). The van der Waals surface area contributed by atoms with Crippen LogP contribution >= 0.6 is 0 Å². The second-order valence-corrected chi connectivity index (χ2v) is 7.58. The van der Waals surface area contributed by atoms with Crippen molar-refractivity contribution >= 4 is 5.96 Å². The molecule has 1 heterocycles. The Labute approximate surface area is 156 Å². The molecule has 0 saturated heterocycles. The van der Waals surface area contributed by atoms with E-state index in [0.29, 0.717) is 17.9 Å². The molecule has 1 aliphatic carbocycles. The fourth-order valence-corrected chi connectivity index (χ4v) is 3.07. The average Bonchev–Trinajstić information content (AvgIpc) is 3.22. The standard InChI is InChI=1S/C21H30N4O/c1-4-22-20(23-14-18-12-19(16(2)3)25-26-18)24-15-21(10-11-21)13-17-8-6-5-7-9-17/h5-9,12,16H,4,10-11,13-15H2,1-3H3,(H2,22,23,24). The number of hydrogen-bond donors (Lipinski definition) is 2. The van der Waals surface area contributed by atoms with Crippen LogP contribution in [0.5, 0.6) is 0 Å². The molecule has 0 unspecified atom stereocenters. The lowest BCUT2D eigenvalue weighted by Gasteiger charge is -2.18. The summed E-state index contributed by atoms with van der Waals surface area (Å²) in [6.45, 7) is 8.59. The predicted octanol–water partition coefficient (Wildman–Crippen LogP) is 3.88. The maximum absolute atomic E-state index is 5.38. The molecule has 26 heavy (non-hydrogen) atoms. The van der Waals surface area contributed by atoms with E-state index in [0.717, 1.165) is 36.9 Å². The number of guanidine groups is 1. The third kappa shape index (κ3) is 5.10. The Bertz CT molecular complexity index is 717. The van der Waals surface area contributed by atoms with Gasteiger partial charge in [0.15, 0.2) is 11.7 Å². The molecule has 1 aliphatic rings. The molecule has 5 heteroatoms. The summed E-state index contributed by atoms with van der Waals surface area (Å²) in [5.74, 6) is 2.02. The Hall–Kier alpha value is -2.30. The molecule has 0 atom stereocenters. The lowest BCUT2D eigenvalue weighted by atomic mass is 9.96. The minimum absolute atomic E-state index is 0.370. The van der Waals surface area contributed by atoms with E-state index in [-0.39, 0.29) is 0 Å². The second kappa shape index (κ2) is 8.39. The zero-order chi connectivity index (χ0) is 18.4. The zero-order valence-corrected chi connectivity index (χ0v) is 16.1. The van der Waals surface area contributed by atoms with Gasteiger partial charge >= 0.3 is 0 Å². The van der Waals surface area contributed by atoms with Crippen molar-refractivity contribution in [3.05, 3.63) is 53.4 Å². The minimum atomic E-state index is 0.370. The highest BCUT2D eigenvalue weighted by molar-refractivity contribution is 5.79. The Morgan fingerprint density at radius 1 is 1.23 bits per heavy atom. The van der Waals surface area contributed by atoms with Gasteiger partial charge in [-0.2, -0.15) is 0 Å². The number of hydrogen-bond acceptors (Lipinski definition) is 3. The van der Waals surface area contributed by atoms with Crippen LogP contribution in [0.2, 0.25) is 0 Å². The predicted molar refractivity (Wildman–Crippen MR) is 105 cm³/mol. The molecule has 1 aromatic carbocycles. The van der Waals surface area contributed by atoms with Gasteiger partial charge in [-0.05, 0) is 43.1 Å². The lowest BCUT2D eigenvalue weighted by Crippen LogP contribution is -2.40. The van der Waals surface area contributed by atoms with Gasteiger partial charge in [0.2, 0.25) is 0 Å². The van der Waals surface area contributed by atoms with E-state index in [1.165, 1.54) is 18.4 Å². The summed E-state index contributed by atoms with van der Waals surface area (Å²) in [6.07, 6.45) is 3.67. The fraction of sp³-hybridized carbons (Fsp3) is 0.524. The van der Waals surface area contributed by atoms with Gasteiger partial charge in [-0.1, -0.05) is 49.3 Å². The smallest absolute Gasteiger partial charge is 0.191 e. The third-order valence-electron chi connectivity index (χ3n) is 4.92. The molecular weight excluding hydrogens is 324 g/mol. The molecule has 1 saturated carbocycles. The topological polar surface area (TPSA) is 62.5 Å². The fourth-order valence-electron chi connectivity index (χ4n) is 3.07. The normalized spacial score (nSPS) is 15.9. The van der Waals surface area contributed by atoms with E-state index in [1.54, 1.807) is 0 Å². The van der Waals surface area contributed by atoms with E-state index in [9.17, 15) is 0 Å². The van der Waals surface area contributed by atoms with Crippen LogP contribution < -0.4 is 10.6 Å². The van der Waals surface area contributed by atoms with E-state index in [2.05, 4.69) is 71.9 Å². The van der Waals surface area contributed by atoms with E-state index in [1.807, 2.05) is 6.07 Å². The van der Waals surface area contributed by atoms with Crippen molar-refractivity contribution in [2.45, 2.75) is 52.5 Å². The Morgan fingerprint density at radius 2 is 2.00 bits per heavy atom. The van der Waals surface area contributed by atoms with Crippen LogP contribution in [-0.2, 0) is 13.0 Å². The van der Waals surface area contributed by atoms with Crippen LogP contribution in [0.15, 0.2) is 45.9 Å². The Kier molecular flexibility index (Phi) is 5.96. The molecule has 0 amide bonds. The lowest BCUT2D eigenvalue weighted by molar-refractivity contribution is 0.376. The molecule has 0 radical (unpaired) electrons. The summed E-state index contributed by atoms with van der Waals surface area (Å²) in [5, 5.41) is 10.9.